The van der Waals surface area contributed by atoms with Crippen molar-refractivity contribution >= 4 is 33.1 Å². The van der Waals surface area contributed by atoms with Crippen molar-refractivity contribution in [2.24, 2.45) is 0 Å². The van der Waals surface area contributed by atoms with Crippen molar-refractivity contribution in [2.75, 3.05) is 5.32 Å². The van der Waals surface area contributed by atoms with Gasteiger partial charge in [0.1, 0.15) is 17.4 Å². The average Bonchev–Trinajstić information content (AvgIpc) is 3.50. The summed E-state index contributed by atoms with van der Waals surface area (Å²) >= 11 is 1.58. The highest BCUT2D eigenvalue weighted by atomic mass is 32.1. The molecule has 0 aliphatic carbocycles. The highest BCUT2D eigenvalue weighted by Crippen LogP contribution is 2.31. The Morgan fingerprint density at radius 2 is 1.69 bits per heavy atom. The Bertz CT molecular complexity index is 1570. The van der Waals surface area contributed by atoms with E-state index >= 15 is 0 Å². The van der Waals surface area contributed by atoms with Gasteiger partial charge in [-0.3, -0.25) is 4.79 Å². The highest BCUT2D eigenvalue weighted by Gasteiger charge is 2.21. The number of nitrogens with one attached hydrogen (secondary N) is 1. The maximum Gasteiger partial charge on any atom is 0.291 e. The van der Waals surface area contributed by atoms with Crippen LogP contribution in [0, 0.1) is 30.2 Å². The lowest BCUT2D eigenvalue weighted by Gasteiger charge is -2.08. The maximum absolute atomic E-state index is 13.7. The molecule has 0 unspecified atom stereocenters. The van der Waals surface area contributed by atoms with Crippen molar-refractivity contribution in [3.8, 4) is 16.3 Å². The van der Waals surface area contributed by atoms with Gasteiger partial charge in [0.2, 0.25) is 11.6 Å². The van der Waals surface area contributed by atoms with E-state index in [2.05, 4.69) is 16.4 Å². The van der Waals surface area contributed by atoms with Gasteiger partial charge in [-0.05, 0) is 61.0 Å². The summed E-state index contributed by atoms with van der Waals surface area (Å²) in [6, 6.07) is 16.0. The van der Waals surface area contributed by atoms with Gasteiger partial charge in [0.25, 0.3) is 5.91 Å². The van der Waals surface area contributed by atoms with Crippen molar-refractivity contribution in [3.63, 3.8) is 0 Å². The first-order valence-electron chi connectivity index (χ1n) is 10.6. The predicted molar refractivity (Wildman–Crippen MR) is 127 cm³/mol. The van der Waals surface area contributed by atoms with Gasteiger partial charge in [-0.1, -0.05) is 6.07 Å². The van der Waals surface area contributed by atoms with Crippen molar-refractivity contribution in [2.45, 2.75) is 13.5 Å². The SMILES string of the molecule is Cc1ccc2nc(-c3ccc(NC(=O)c4ccc(COc5c(F)c(F)cc(F)c5F)o4)cc3)sc2c1. The predicted octanol–water partition coefficient (Wildman–Crippen LogP) is 7.25. The number of nitrogens with zero attached hydrogens (tertiary/aromatic N) is 1. The lowest BCUT2D eigenvalue weighted by molar-refractivity contribution is 0.0992. The van der Waals surface area contributed by atoms with E-state index in [1.165, 1.54) is 12.1 Å². The van der Waals surface area contributed by atoms with Gasteiger partial charge in [-0.2, -0.15) is 8.78 Å². The summed E-state index contributed by atoms with van der Waals surface area (Å²) in [6.45, 7) is 1.47. The molecule has 36 heavy (non-hydrogen) atoms. The van der Waals surface area contributed by atoms with Crippen LogP contribution in [0.3, 0.4) is 0 Å². The molecule has 3 aromatic carbocycles. The zero-order valence-electron chi connectivity index (χ0n) is 18.6. The number of hydrogen-bond donors (Lipinski definition) is 1. The Morgan fingerprint density at radius 3 is 2.42 bits per heavy atom. The monoisotopic (exact) mass is 512 g/mol. The minimum atomic E-state index is -1.66. The van der Waals surface area contributed by atoms with Gasteiger partial charge in [0.05, 0.1) is 10.2 Å². The van der Waals surface area contributed by atoms with Gasteiger partial charge in [0.15, 0.2) is 23.1 Å². The van der Waals surface area contributed by atoms with Crippen molar-refractivity contribution in [1.82, 2.24) is 4.98 Å². The van der Waals surface area contributed by atoms with Gasteiger partial charge in [-0.15, -0.1) is 11.3 Å². The molecule has 5 rings (SSSR count). The molecule has 5 aromatic rings. The molecule has 0 radical (unpaired) electrons. The summed E-state index contributed by atoms with van der Waals surface area (Å²) in [4.78, 5) is 17.2. The number of hydrogen-bond acceptors (Lipinski definition) is 5. The number of aromatic nitrogens is 1. The number of carbonyl (C=O) groups excluding carboxylic acids is 1. The number of aryl methyl sites for hydroxylation is 1. The molecular weight excluding hydrogens is 496 g/mol. The second-order valence-corrected chi connectivity index (χ2v) is 8.90. The molecule has 0 aliphatic rings. The number of rotatable bonds is 6. The molecule has 182 valence electrons. The Balaban J connectivity index is 1.24. The smallest absolute Gasteiger partial charge is 0.291 e. The third-order valence-corrected chi connectivity index (χ3v) is 6.32. The van der Waals surface area contributed by atoms with E-state index in [0.29, 0.717) is 5.69 Å². The third-order valence-electron chi connectivity index (χ3n) is 5.25. The molecular formula is C26H16F4N2O3S. The first kappa shape index (κ1) is 23.6. The summed E-state index contributed by atoms with van der Waals surface area (Å²) in [6.07, 6.45) is 0. The molecule has 1 N–H and O–H groups in total. The van der Waals surface area contributed by atoms with E-state index in [4.69, 9.17) is 9.15 Å². The standard InChI is InChI=1S/C26H16F4N2O3S/c1-13-2-8-19-21(10-13)36-26(32-19)14-3-5-15(6-4-14)31-25(33)20-9-7-16(35-20)12-34-24-22(29)17(27)11-18(28)23(24)30/h2-11H,12H2,1H3,(H,31,33). The fourth-order valence-electron chi connectivity index (χ4n) is 3.44. The van der Waals surface area contributed by atoms with Gasteiger partial charge in [-0.25, -0.2) is 13.8 Å². The highest BCUT2D eigenvalue weighted by molar-refractivity contribution is 7.21. The topological polar surface area (TPSA) is 64.4 Å². The van der Waals surface area contributed by atoms with Crippen LogP contribution in [-0.2, 0) is 6.61 Å². The van der Waals surface area contributed by atoms with Crippen molar-refractivity contribution < 1.29 is 31.5 Å². The van der Waals surface area contributed by atoms with Crippen molar-refractivity contribution in [3.05, 3.63) is 101 Å². The maximum atomic E-state index is 13.7. The van der Waals surface area contributed by atoms with E-state index in [0.717, 1.165) is 26.4 Å². The lowest BCUT2D eigenvalue weighted by Crippen LogP contribution is -2.10. The Morgan fingerprint density at radius 1 is 0.972 bits per heavy atom. The Labute approximate surface area is 206 Å². The number of fused-ring (bicyclic) bond motifs is 1. The molecule has 0 atom stereocenters. The number of ether oxygens (including phenoxy) is 1. The second-order valence-electron chi connectivity index (χ2n) is 7.87. The van der Waals surface area contributed by atoms with Crippen molar-refractivity contribution in [1.29, 1.82) is 0 Å². The molecule has 10 heteroatoms. The second kappa shape index (κ2) is 9.46. The first-order chi connectivity index (χ1) is 17.3. The van der Waals surface area contributed by atoms with E-state index in [1.807, 2.05) is 31.2 Å². The third kappa shape index (κ3) is 4.67. The molecule has 0 saturated heterocycles. The van der Waals surface area contributed by atoms with Crippen LogP contribution in [0.4, 0.5) is 23.2 Å². The van der Waals surface area contributed by atoms with E-state index < -0.39 is 41.5 Å². The zero-order chi connectivity index (χ0) is 25.4. The molecule has 2 heterocycles. The van der Waals surface area contributed by atoms with Gasteiger partial charge >= 0.3 is 0 Å². The number of anilines is 1. The van der Waals surface area contributed by atoms with Crippen LogP contribution in [0.1, 0.15) is 21.9 Å². The van der Waals surface area contributed by atoms with Crippen LogP contribution >= 0.6 is 11.3 Å². The van der Waals surface area contributed by atoms with Crippen LogP contribution in [0.2, 0.25) is 0 Å². The van der Waals surface area contributed by atoms with Gasteiger partial charge in [0, 0.05) is 17.3 Å². The number of halogens is 4. The summed E-state index contributed by atoms with van der Waals surface area (Å²) in [5.74, 6) is -8.36. The van der Waals surface area contributed by atoms with Crippen LogP contribution in [0.15, 0.2) is 65.1 Å². The Hall–Kier alpha value is -4.18. The number of amides is 1. The molecule has 0 bridgehead atoms. The molecule has 0 saturated carbocycles. The molecule has 1 amide bonds. The first-order valence-corrected chi connectivity index (χ1v) is 11.4. The van der Waals surface area contributed by atoms with Crippen LogP contribution in [0.5, 0.6) is 5.75 Å². The fourth-order valence-corrected chi connectivity index (χ4v) is 4.51. The largest absolute Gasteiger partial charge is 0.479 e. The lowest BCUT2D eigenvalue weighted by atomic mass is 10.2. The normalized spacial score (nSPS) is 11.1. The fraction of sp³-hybridized carbons (Fsp3) is 0.0769. The van der Waals surface area contributed by atoms with Crippen LogP contribution in [0.25, 0.3) is 20.8 Å². The zero-order valence-corrected chi connectivity index (χ0v) is 19.4. The number of benzene rings is 3. The molecule has 0 aliphatic heterocycles. The van der Waals surface area contributed by atoms with E-state index in [1.54, 1.807) is 23.5 Å². The minimum absolute atomic E-state index is 0.0186. The Kier molecular flexibility index (Phi) is 6.19. The number of carbonyl (C=O) groups is 1. The number of thiazole rings is 1. The summed E-state index contributed by atoms with van der Waals surface area (Å²) in [7, 11) is 0. The summed E-state index contributed by atoms with van der Waals surface area (Å²) < 4.78 is 65.3. The summed E-state index contributed by atoms with van der Waals surface area (Å²) in [5.41, 5.74) is 3.49. The van der Waals surface area contributed by atoms with E-state index in [-0.39, 0.29) is 17.6 Å². The minimum Gasteiger partial charge on any atom is -0.479 e. The quantitative estimate of drug-likeness (QED) is 0.192. The summed E-state index contributed by atoms with van der Waals surface area (Å²) in [5, 5.41) is 3.54. The average molecular weight is 512 g/mol. The van der Waals surface area contributed by atoms with E-state index in [9.17, 15) is 22.4 Å². The molecule has 0 spiro atoms. The van der Waals surface area contributed by atoms with Gasteiger partial charge < -0.3 is 14.5 Å². The molecule has 5 nitrogen and oxygen atoms in total. The molecule has 0 fully saturated rings. The van der Waals surface area contributed by atoms with Crippen LogP contribution < -0.4 is 10.1 Å². The number of furan rings is 1. The molecule has 2 aromatic heterocycles. The van der Waals surface area contributed by atoms with Crippen LogP contribution in [-0.4, -0.2) is 10.9 Å².